The predicted octanol–water partition coefficient (Wildman–Crippen LogP) is 2.33. The fourth-order valence-corrected chi connectivity index (χ4v) is 1.40. The van der Waals surface area contributed by atoms with E-state index in [4.69, 9.17) is 4.74 Å². The quantitative estimate of drug-likeness (QED) is 0.881. The second kappa shape index (κ2) is 5.41. The van der Waals surface area contributed by atoms with Crippen LogP contribution in [0.5, 0.6) is 5.75 Å². The molecule has 1 aromatic heterocycles. The second-order valence-electron chi connectivity index (χ2n) is 3.58. The Kier molecular flexibility index (Phi) is 3.67. The number of hydrogen-bond donors (Lipinski definition) is 1. The number of nitrogens with zero attached hydrogens (tertiary/aromatic N) is 1. The zero-order chi connectivity index (χ0) is 12.1. The average Bonchev–Trinajstić information content (AvgIpc) is 2.37. The van der Waals surface area contributed by atoms with E-state index in [1.807, 2.05) is 18.2 Å². The molecule has 17 heavy (non-hydrogen) atoms. The Morgan fingerprint density at radius 3 is 2.71 bits per heavy atom. The predicted molar refractivity (Wildman–Crippen MR) is 61.1 cm³/mol. The van der Waals surface area contributed by atoms with Crippen molar-refractivity contribution in [1.29, 1.82) is 0 Å². The monoisotopic (exact) mass is 233 g/mol. The molecule has 0 aliphatic heterocycles. The first kappa shape index (κ1) is 11.5. The van der Waals surface area contributed by atoms with Crippen LogP contribution in [0.1, 0.15) is 11.7 Å². The van der Waals surface area contributed by atoms with Gasteiger partial charge in [-0.25, -0.2) is 4.39 Å². The SMILES string of the molecule is OC(COc1ccccc1)c1cncc(F)c1. The van der Waals surface area contributed by atoms with Crippen molar-refractivity contribution in [2.45, 2.75) is 6.10 Å². The second-order valence-corrected chi connectivity index (χ2v) is 3.58. The maximum Gasteiger partial charge on any atom is 0.141 e. The summed E-state index contributed by atoms with van der Waals surface area (Å²) in [7, 11) is 0. The summed E-state index contributed by atoms with van der Waals surface area (Å²) < 4.78 is 18.2. The minimum atomic E-state index is -0.890. The fourth-order valence-electron chi connectivity index (χ4n) is 1.40. The summed E-state index contributed by atoms with van der Waals surface area (Å²) in [6.07, 6.45) is 1.62. The molecule has 4 heteroatoms. The summed E-state index contributed by atoms with van der Waals surface area (Å²) in [4.78, 5) is 3.67. The van der Waals surface area contributed by atoms with E-state index in [9.17, 15) is 9.50 Å². The Balaban J connectivity index is 1.96. The first-order chi connectivity index (χ1) is 8.25. The van der Waals surface area contributed by atoms with Gasteiger partial charge in [-0.2, -0.15) is 0 Å². The van der Waals surface area contributed by atoms with Crippen molar-refractivity contribution < 1.29 is 14.2 Å². The van der Waals surface area contributed by atoms with Crippen LogP contribution in [0, 0.1) is 5.82 Å². The summed E-state index contributed by atoms with van der Waals surface area (Å²) in [5.74, 6) is 0.192. The average molecular weight is 233 g/mol. The Bertz CT molecular complexity index is 476. The van der Waals surface area contributed by atoms with Crippen LogP contribution in [0.2, 0.25) is 0 Å². The van der Waals surface area contributed by atoms with Gasteiger partial charge in [0.15, 0.2) is 0 Å². The van der Waals surface area contributed by atoms with E-state index in [1.54, 1.807) is 12.1 Å². The van der Waals surface area contributed by atoms with E-state index in [0.717, 1.165) is 6.20 Å². The first-order valence-corrected chi connectivity index (χ1v) is 5.22. The summed E-state index contributed by atoms with van der Waals surface area (Å²) in [6, 6.07) is 10.4. The topological polar surface area (TPSA) is 42.4 Å². The lowest BCUT2D eigenvalue weighted by molar-refractivity contribution is 0.107. The van der Waals surface area contributed by atoms with Crippen LogP contribution < -0.4 is 4.74 Å². The third kappa shape index (κ3) is 3.26. The van der Waals surface area contributed by atoms with E-state index in [2.05, 4.69) is 4.98 Å². The molecule has 0 saturated carbocycles. The number of hydrogen-bond acceptors (Lipinski definition) is 3. The van der Waals surface area contributed by atoms with Crippen molar-refractivity contribution in [2.75, 3.05) is 6.61 Å². The maximum atomic E-state index is 12.9. The van der Waals surface area contributed by atoms with Gasteiger partial charge in [0.2, 0.25) is 0 Å². The summed E-state index contributed by atoms with van der Waals surface area (Å²) in [6.45, 7) is 0.0646. The van der Waals surface area contributed by atoms with E-state index in [0.29, 0.717) is 11.3 Å². The lowest BCUT2D eigenvalue weighted by atomic mass is 10.2. The first-order valence-electron chi connectivity index (χ1n) is 5.22. The summed E-state index contributed by atoms with van der Waals surface area (Å²) in [5, 5.41) is 9.77. The van der Waals surface area contributed by atoms with Gasteiger partial charge in [-0.05, 0) is 18.2 Å². The molecule has 0 aliphatic carbocycles. The highest BCUT2D eigenvalue weighted by Gasteiger charge is 2.09. The van der Waals surface area contributed by atoms with Crippen molar-refractivity contribution in [3.8, 4) is 5.75 Å². The number of aromatic nitrogens is 1. The molecule has 1 unspecified atom stereocenters. The summed E-state index contributed by atoms with van der Waals surface area (Å²) in [5.41, 5.74) is 0.404. The molecular formula is C13H12FNO2. The number of aliphatic hydroxyl groups is 1. The Morgan fingerprint density at radius 1 is 1.24 bits per heavy atom. The molecule has 0 amide bonds. The Hall–Kier alpha value is -1.94. The minimum Gasteiger partial charge on any atom is -0.491 e. The highest BCUT2D eigenvalue weighted by Crippen LogP contribution is 2.15. The smallest absolute Gasteiger partial charge is 0.141 e. The minimum absolute atomic E-state index is 0.0646. The van der Waals surface area contributed by atoms with Gasteiger partial charge in [0, 0.05) is 11.8 Å². The highest BCUT2D eigenvalue weighted by molar-refractivity contribution is 5.21. The largest absolute Gasteiger partial charge is 0.491 e. The molecule has 1 heterocycles. The standard InChI is InChI=1S/C13H12FNO2/c14-11-6-10(7-15-8-11)13(16)9-17-12-4-2-1-3-5-12/h1-8,13,16H,9H2. The maximum absolute atomic E-state index is 12.9. The lowest BCUT2D eigenvalue weighted by Gasteiger charge is -2.12. The number of aliphatic hydroxyl groups excluding tert-OH is 1. The van der Waals surface area contributed by atoms with Crippen LogP contribution in [0.15, 0.2) is 48.8 Å². The molecule has 3 nitrogen and oxygen atoms in total. The molecule has 1 atom stereocenters. The number of ether oxygens (including phenoxy) is 1. The van der Waals surface area contributed by atoms with Gasteiger partial charge in [0.1, 0.15) is 24.3 Å². The van der Waals surface area contributed by atoms with Crippen molar-refractivity contribution in [3.63, 3.8) is 0 Å². The van der Waals surface area contributed by atoms with Gasteiger partial charge in [0.25, 0.3) is 0 Å². The van der Waals surface area contributed by atoms with Gasteiger partial charge >= 0.3 is 0 Å². The number of halogens is 1. The van der Waals surface area contributed by atoms with E-state index in [-0.39, 0.29) is 6.61 Å². The van der Waals surface area contributed by atoms with Crippen LogP contribution >= 0.6 is 0 Å². The van der Waals surface area contributed by atoms with Crippen LogP contribution in [0.4, 0.5) is 4.39 Å². The molecular weight excluding hydrogens is 221 g/mol. The molecule has 0 fully saturated rings. The molecule has 1 N–H and O–H groups in total. The molecule has 0 spiro atoms. The van der Waals surface area contributed by atoms with Gasteiger partial charge < -0.3 is 9.84 Å². The molecule has 2 rings (SSSR count). The molecule has 0 aliphatic rings. The molecule has 0 bridgehead atoms. The van der Waals surface area contributed by atoms with Gasteiger partial charge in [0.05, 0.1) is 6.20 Å². The van der Waals surface area contributed by atoms with Gasteiger partial charge in [-0.15, -0.1) is 0 Å². The molecule has 2 aromatic rings. The van der Waals surface area contributed by atoms with E-state index < -0.39 is 11.9 Å². The van der Waals surface area contributed by atoms with Crippen molar-refractivity contribution in [2.24, 2.45) is 0 Å². The van der Waals surface area contributed by atoms with Crippen LogP contribution in [-0.2, 0) is 0 Å². The number of benzene rings is 1. The lowest BCUT2D eigenvalue weighted by Crippen LogP contribution is -2.10. The summed E-state index contributed by atoms with van der Waals surface area (Å²) >= 11 is 0. The number of rotatable bonds is 4. The van der Waals surface area contributed by atoms with Crippen molar-refractivity contribution in [1.82, 2.24) is 4.98 Å². The van der Waals surface area contributed by atoms with Crippen LogP contribution in [0.25, 0.3) is 0 Å². The van der Waals surface area contributed by atoms with Crippen LogP contribution in [-0.4, -0.2) is 16.7 Å². The van der Waals surface area contributed by atoms with E-state index >= 15 is 0 Å². The zero-order valence-corrected chi connectivity index (χ0v) is 9.08. The number of para-hydroxylation sites is 1. The fraction of sp³-hybridized carbons (Fsp3) is 0.154. The Labute approximate surface area is 98.5 Å². The van der Waals surface area contributed by atoms with Gasteiger partial charge in [-0.1, -0.05) is 18.2 Å². The van der Waals surface area contributed by atoms with Crippen LogP contribution in [0.3, 0.4) is 0 Å². The highest BCUT2D eigenvalue weighted by atomic mass is 19.1. The van der Waals surface area contributed by atoms with Crippen molar-refractivity contribution in [3.05, 3.63) is 60.2 Å². The third-order valence-electron chi connectivity index (χ3n) is 2.26. The molecule has 0 saturated heterocycles. The molecule has 88 valence electrons. The van der Waals surface area contributed by atoms with Gasteiger partial charge in [-0.3, -0.25) is 4.98 Å². The Morgan fingerprint density at radius 2 is 2.00 bits per heavy atom. The van der Waals surface area contributed by atoms with Crippen molar-refractivity contribution >= 4 is 0 Å². The molecule has 1 aromatic carbocycles. The van der Waals surface area contributed by atoms with E-state index in [1.165, 1.54) is 12.3 Å². The normalized spacial score (nSPS) is 12.1. The molecule has 0 radical (unpaired) electrons. The zero-order valence-electron chi connectivity index (χ0n) is 9.08. The number of pyridine rings is 1. The third-order valence-corrected chi connectivity index (χ3v) is 2.26.